The number of benzene rings is 2. The summed E-state index contributed by atoms with van der Waals surface area (Å²) in [5.41, 5.74) is 1.88. The predicted molar refractivity (Wildman–Crippen MR) is 86.4 cm³/mol. The molecule has 0 saturated heterocycles. The molecule has 1 aliphatic rings. The van der Waals surface area contributed by atoms with Crippen molar-refractivity contribution in [2.24, 2.45) is 11.8 Å². The van der Waals surface area contributed by atoms with E-state index in [1.165, 1.54) is 6.07 Å². The van der Waals surface area contributed by atoms with Crippen LogP contribution in [0.4, 0.5) is 20.2 Å². The Labute approximate surface area is 137 Å². The standard InChI is InChI=1S/C18H16F2N2O2/c1-10-3-2-4-11(7-10)21-17(23)13-9-14(13)18(24)22-12-5-6-15(19)16(20)8-12/h2-8,13-14H,9H2,1H3,(H,21,23)(H,22,24). The van der Waals surface area contributed by atoms with Crippen molar-refractivity contribution in [1.82, 2.24) is 0 Å². The molecule has 124 valence electrons. The Morgan fingerprint density at radius 2 is 1.54 bits per heavy atom. The molecule has 2 aromatic rings. The molecule has 0 aliphatic heterocycles. The first-order chi connectivity index (χ1) is 11.4. The monoisotopic (exact) mass is 330 g/mol. The molecular weight excluding hydrogens is 314 g/mol. The highest BCUT2D eigenvalue weighted by molar-refractivity contribution is 6.03. The van der Waals surface area contributed by atoms with Crippen molar-refractivity contribution >= 4 is 23.2 Å². The Bertz CT molecular complexity index is 807. The zero-order chi connectivity index (χ0) is 17.3. The number of amides is 2. The van der Waals surface area contributed by atoms with E-state index in [2.05, 4.69) is 10.6 Å². The van der Waals surface area contributed by atoms with Crippen LogP contribution in [0.2, 0.25) is 0 Å². The molecule has 0 spiro atoms. The van der Waals surface area contributed by atoms with Gasteiger partial charge in [0.05, 0.1) is 11.8 Å². The molecule has 4 nitrogen and oxygen atoms in total. The average Bonchev–Trinajstić information content (AvgIpc) is 3.32. The summed E-state index contributed by atoms with van der Waals surface area (Å²) in [6.45, 7) is 1.92. The topological polar surface area (TPSA) is 58.2 Å². The van der Waals surface area contributed by atoms with Gasteiger partial charge in [-0.3, -0.25) is 9.59 Å². The van der Waals surface area contributed by atoms with E-state index in [0.717, 1.165) is 17.7 Å². The maximum Gasteiger partial charge on any atom is 0.228 e. The molecule has 1 fully saturated rings. The van der Waals surface area contributed by atoms with Crippen molar-refractivity contribution in [3.8, 4) is 0 Å². The molecule has 1 saturated carbocycles. The van der Waals surface area contributed by atoms with Gasteiger partial charge in [0.2, 0.25) is 11.8 Å². The lowest BCUT2D eigenvalue weighted by atomic mass is 10.2. The van der Waals surface area contributed by atoms with Crippen molar-refractivity contribution in [1.29, 1.82) is 0 Å². The summed E-state index contributed by atoms with van der Waals surface area (Å²) in [5, 5.41) is 5.29. The molecule has 2 aromatic carbocycles. The minimum absolute atomic E-state index is 0.170. The van der Waals surface area contributed by atoms with Crippen LogP contribution in [0, 0.1) is 30.4 Å². The number of nitrogens with one attached hydrogen (secondary N) is 2. The van der Waals surface area contributed by atoms with E-state index in [4.69, 9.17) is 0 Å². The van der Waals surface area contributed by atoms with Crippen molar-refractivity contribution in [3.05, 3.63) is 59.7 Å². The minimum atomic E-state index is -1.03. The van der Waals surface area contributed by atoms with Crippen LogP contribution in [0.3, 0.4) is 0 Å². The number of anilines is 2. The normalized spacial score (nSPS) is 18.8. The van der Waals surface area contributed by atoms with Gasteiger partial charge in [-0.15, -0.1) is 0 Å². The van der Waals surface area contributed by atoms with E-state index >= 15 is 0 Å². The van der Waals surface area contributed by atoms with E-state index in [1.54, 1.807) is 6.07 Å². The Balaban J connectivity index is 1.57. The summed E-state index contributed by atoms with van der Waals surface area (Å²) < 4.78 is 26.0. The van der Waals surface area contributed by atoms with Crippen LogP contribution in [-0.2, 0) is 9.59 Å². The number of halogens is 2. The second-order valence-corrected chi connectivity index (χ2v) is 5.93. The van der Waals surface area contributed by atoms with Gasteiger partial charge in [-0.1, -0.05) is 12.1 Å². The summed E-state index contributed by atoms with van der Waals surface area (Å²) >= 11 is 0. The largest absolute Gasteiger partial charge is 0.326 e. The van der Waals surface area contributed by atoms with Gasteiger partial charge in [0.15, 0.2) is 11.6 Å². The van der Waals surface area contributed by atoms with Crippen molar-refractivity contribution in [2.75, 3.05) is 10.6 Å². The summed E-state index contributed by atoms with van der Waals surface area (Å²) in [7, 11) is 0. The van der Waals surface area contributed by atoms with Gasteiger partial charge in [0.1, 0.15) is 0 Å². The zero-order valence-electron chi connectivity index (χ0n) is 13.0. The van der Waals surface area contributed by atoms with Gasteiger partial charge in [-0.05, 0) is 43.2 Å². The highest BCUT2D eigenvalue weighted by Gasteiger charge is 2.48. The van der Waals surface area contributed by atoms with Gasteiger partial charge in [0, 0.05) is 17.4 Å². The number of carbonyl (C=O) groups excluding carboxylic acids is 2. The average molecular weight is 330 g/mol. The zero-order valence-corrected chi connectivity index (χ0v) is 13.0. The van der Waals surface area contributed by atoms with E-state index in [9.17, 15) is 18.4 Å². The maximum absolute atomic E-state index is 13.1. The Morgan fingerprint density at radius 1 is 0.917 bits per heavy atom. The van der Waals surface area contributed by atoms with Crippen molar-refractivity contribution in [3.63, 3.8) is 0 Å². The SMILES string of the molecule is Cc1cccc(NC(=O)C2CC2C(=O)Nc2ccc(F)c(F)c2)c1. The first-order valence-electron chi connectivity index (χ1n) is 7.57. The lowest BCUT2D eigenvalue weighted by Crippen LogP contribution is -2.20. The molecule has 2 unspecified atom stereocenters. The second kappa shape index (κ2) is 6.39. The number of carbonyl (C=O) groups is 2. The first-order valence-corrected chi connectivity index (χ1v) is 7.57. The lowest BCUT2D eigenvalue weighted by molar-refractivity contribution is -0.122. The van der Waals surface area contributed by atoms with E-state index < -0.39 is 23.5 Å². The van der Waals surface area contributed by atoms with Crippen LogP contribution in [0.1, 0.15) is 12.0 Å². The minimum Gasteiger partial charge on any atom is -0.326 e. The Hall–Kier alpha value is -2.76. The Kier molecular flexibility index (Phi) is 4.29. The third kappa shape index (κ3) is 3.59. The number of aryl methyl sites for hydroxylation is 1. The molecule has 3 rings (SSSR count). The van der Waals surface area contributed by atoms with Gasteiger partial charge in [-0.2, -0.15) is 0 Å². The number of rotatable bonds is 4. The molecule has 0 aromatic heterocycles. The lowest BCUT2D eigenvalue weighted by Gasteiger charge is -2.07. The molecule has 0 bridgehead atoms. The molecule has 0 heterocycles. The quantitative estimate of drug-likeness (QED) is 0.901. The molecule has 1 aliphatic carbocycles. The van der Waals surface area contributed by atoms with Gasteiger partial charge in [0.25, 0.3) is 0 Å². The summed E-state index contributed by atoms with van der Waals surface area (Å²) in [4.78, 5) is 24.2. The van der Waals surface area contributed by atoms with E-state index in [0.29, 0.717) is 12.1 Å². The van der Waals surface area contributed by atoms with Crippen LogP contribution < -0.4 is 10.6 Å². The molecular formula is C18H16F2N2O2. The van der Waals surface area contributed by atoms with E-state index in [1.807, 2.05) is 25.1 Å². The third-order valence-corrected chi connectivity index (χ3v) is 3.94. The smallest absolute Gasteiger partial charge is 0.228 e. The van der Waals surface area contributed by atoms with Crippen LogP contribution in [0.25, 0.3) is 0 Å². The predicted octanol–water partition coefficient (Wildman–Crippen LogP) is 3.49. The fraction of sp³-hybridized carbons (Fsp3) is 0.222. The van der Waals surface area contributed by atoms with Crippen molar-refractivity contribution < 1.29 is 18.4 Å². The fourth-order valence-electron chi connectivity index (χ4n) is 2.54. The van der Waals surface area contributed by atoms with Crippen LogP contribution >= 0.6 is 0 Å². The van der Waals surface area contributed by atoms with E-state index in [-0.39, 0.29) is 17.5 Å². The van der Waals surface area contributed by atoms with Crippen molar-refractivity contribution in [2.45, 2.75) is 13.3 Å². The van der Waals surface area contributed by atoms with Crippen LogP contribution in [-0.4, -0.2) is 11.8 Å². The number of hydrogen-bond donors (Lipinski definition) is 2. The van der Waals surface area contributed by atoms with Crippen LogP contribution in [0.5, 0.6) is 0 Å². The molecule has 2 atom stereocenters. The highest BCUT2D eigenvalue weighted by atomic mass is 19.2. The van der Waals surface area contributed by atoms with Gasteiger partial charge >= 0.3 is 0 Å². The molecule has 2 amide bonds. The fourth-order valence-corrected chi connectivity index (χ4v) is 2.54. The Morgan fingerprint density at radius 3 is 2.12 bits per heavy atom. The van der Waals surface area contributed by atoms with Gasteiger partial charge in [-0.25, -0.2) is 8.78 Å². The number of hydrogen-bond acceptors (Lipinski definition) is 2. The molecule has 24 heavy (non-hydrogen) atoms. The van der Waals surface area contributed by atoms with Crippen LogP contribution in [0.15, 0.2) is 42.5 Å². The highest BCUT2D eigenvalue weighted by Crippen LogP contribution is 2.40. The molecule has 0 radical (unpaired) electrons. The maximum atomic E-state index is 13.1. The first kappa shape index (κ1) is 16.1. The second-order valence-electron chi connectivity index (χ2n) is 5.93. The van der Waals surface area contributed by atoms with Gasteiger partial charge < -0.3 is 10.6 Å². The third-order valence-electron chi connectivity index (χ3n) is 3.94. The molecule has 6 heteroatoms. The molecule has 2 N–H and O–H groups in total. The summed E-state index contributed by atoms with van der Waals surface area (Å²) in [5.74, 6) is -3.46. The summed E-state index contributed by atoms with van der Waals surface area (Å²) in [6, 6.07) is 10.5. The summed E-state index contributed by atoms with van der Waals surface area (Å²) in [6.07, 6.45) is 0.438.